The summed E-state index contributed by atoms with van der Waals surface area (Å²) in [5, 5.41) is 4.18. The summed E-state index contributed by atoms with van der Waals surface area (Å²) in [6.07, 6.45) is 0. The van der Waals surface area contributed by atoms with Gasteiger partial charge in [0, 0.05) is 35.6 Å². The molecule has 1 aliphatic carbocycles. The first-order valence-corrected chi connectivity index (χ1v) is 7.21. The van der Waals surface area contributed by atoms with Crippen molar-refractivity contribution in [2.75, 3.05) is 20.1 Å². The van der Waals surface area contributed by atoms with Crippen LogP contribution in [0.1, 0.15) is 5.56 Å². The molecule has 102 valence electrons. The first-order valence-electron chi connectivity index (χ1n) is 6.46. The zero-order valence-electron chi connectivity index (χ0n) is 10.7. The topological polar surface area (TPSA) is 32.3 Å². The number of benzene rings is 1. The van der Waals surface area contributed by atoms with E-state index in [-0.39, 0.29) is 11.8 Å². The number of carbonyl (C=O) groups is 1. The number of fused-ring (bicyclic) bond motifs is 1. The van der Waals surface area contributed by atoms with Crippen LogP contribution >= 0.6 is 23.2 Å². The van der Waals surface area contributed by atoms with Gasteiger partial charge in [-0.2, -0.15) is 0 Å². The van der Waals surface area contributed by atoms with Gasteiger partial charge in [0.15, 0.2) is 0 Å². The first kappa shape index (κ1) is 13.2. The number of hydrogen-bond donors (Lipinski definition) is 1. The van der Waals surface area contributed by atoms with Crippen molar-refractivity contribution >= 4 is 29.1 Å². The fourth-order valence-corrected chi connectivity index (χ4v) is 3.72. The van der Waals surface area contributed by atoms with Gasteiger partial charge in [-0.25, -0.2) is 0 Å². The number of amides is 1. The van der Waals surface area contributed by atoms with E-state index in [4.69, 9.17) is 23.2 Å². The van der Waals surface area contributed by atoms with E-state index in [1.54, 1.807) is 6.07 Å². The number of likely N-dealkylation sites (tertiary alicyclic amines) is 1. The Bertz CT molecular complexity index is 488. The summed E-state index contributed by atoms with van der Waals surface area (Å²) in [6.45, 7) is 2.59. The van der Waals surface area contributed by atoms with Crippen LogP contribution in [0.2, 0.25) is 10.0 Å². The maximum atomic E-state index is 12.1. The number of piperidine rings is 1. The van der Waals surface area contributed by atoms with Crippen LogP contribution in [0.25, 0.3) is 0 Å². The van der Waals surface area contributed by atoms with Crippen LogP contribution in [0.15, 0.2) is 18.2 Å². The quantitative estimate of drug-likeness (QED) is 0.929. The molecule has 1 heterocycles. The van der Waals surface area contributed by atoms with E-state index in [9.17, 15) is 4.79 Å². The van der Waals surface area contributed by atoms with Gasteiger partial charge in [0.1, 0.15) is 0 Å². The van der Waals surface area contributed by atoms with Gasteiger partial charge in [0.2, 0.25) is 5.91 Å². The number of nitrogens with zero attached hydrogens (tertiary/aromatic N) is 1. The molecular weight excluding hydrogens is 283 g/mol. The van der Waals surface area contributed by atoms with Gasteiger partial charge in [0.05, 0.1) is 0 Å². The average Bonchev–Trinajstić information content (AvgIpc) is 2.83. The van der Waals surface area contributed by atoms with Crippen LogP contribution < -0.4 is 5.32 Å². The summed E-state index contributed by atoms with van der Waals surface area (Å²) >= 11 is 11.9. The third kappa shape index (κ3) is 2.73. The number of rotatable bonds is 3. The Hall–Kier alpha value is -0.770. The Kier molecular flexibility index (Phi) is 3.46. The smallest absolute Gasteiger partial charge is 0.224 e. The fraction of sp³-hybridized carbons (Fsp3) is 0.500. The number of halogens is 2. The van der Waals surface area contributed by atoms with Crippen molar-refractivity contribution in [3.05, 3.63) is 33.8 Å². The Morgan fingerprint density at radius 3 is 2.42 bits per heavy atom. The molecule has 1 aliphatic heterocycles. The molecule has 1 N–H and O–H groups in total. The zero-order chi connectivity index (χ0) is 13.6. The van der Waals surface area contributed by atoms with Gasteiger partial charge in [-0.1, -0.05) is 23.2 Å². The Morgan fingerprint density at radius 2 is 1.84 bits per heavy atom. The summed E-state index contributed by atoms with van der Waals surface area (Å²) in [5.41, 5.74) is 0.939. The Morgan fingerprint density at radius 1 is 1.26 bits per heavy atom. The molecule has 0 bridgehead atoms. The lowest BCUT2D eigenvalue weighted by Crippen LogP contribution is -2.30. The number of hydrogen-bond acceptors (Lipinski definition) is 2. The van der Waals surface area contributed by atoms with Crippen molar-refractivity contribution in [1.29, 1.82) is 0 Å². The van der Waals surface area contributed by atoms with E-state index in [0.29, 0.717) is 28.4 Å². The fourth-order valence-electron chi connectivity index (χ4n) is 3.15. The third-order valence-corrected chi connectivity index (χ3v) is 4.50. The highest BCUT2D eigenvalue weighted by atomic mass is 35.5. The van der Waals surface area contributed by atoms with E-state index < -0.39 is 0 Å². The highest BCUT2D eigenvalue weighted by Crippen LogP contribution is 2.51. The number of carbonyl (C=O) groups excluding carboxylic acids is 1. The second-order valence-electron chi connectivity index (χ2n) is 5.57. The van der Waals surface area contributed by atoms with Crippen molar-refractivity contribution in [2.24, 2.45) is 17.8 Å². The lowest BCUT2D eigenvalue weighted by Gasteiger charge is -2.13. The van der Waals surface area contributed by atoms with E-state index >= 15 is 0 Å². The minimum atomic E-state index is 0.166. The minimum Gasteiger partial charge on any atom is -0.352 e. The standard InChI is InChI=1S/C14H16Cl2N2O/c1-18-6-11-12(7-18)13(11)14(19)17-5-8-2-9(15)4-10(16)3-8/h2-4,11-13H,5-7H2,1H3,(H,17,19). The van der Waals surface area contributed by atoms with Gasteiger partial charge < -0.3 is 10.2 Å². The van der Waals surface area contributed by atoms with Crippen molar-refractivity contribution < 1.29 is 4.79 Å². The molecule has 19 heavy (non-hydrogen) atoms. The maximum absolute atomic E-state index is 12.1. The van der Waals surface area contributed by atoms with Crippen molar-refractivity contribution in [3.8, 4) is 0 Å². The molecule has 1 saturated carbocycles. The van der Waals surface area contributed by atoms with Gasteiger partial charge in [-0.3, -0.25) is 4.79 Å². The minimum absolute atomic E-state index is 0.166. The highest BCUT2D eigenvalue weighted by Gasteiger charge is 2.58. The molecule has 2 fully saturated rings. The molecule has 1 aromatic rings. The van der Waals surface area contributed by atoms with Crippen LogP contribution in [0, 0.1) is 17.8 Å². The van der Waals surface area contributed by atoms with E-state index in [0.717, 1.165) is 18.7 Å². The molecule has 5 heteroatoms. The molecule has 1 amide bonds. The zero-order valence-corrected chi connectivity index (χ0v) is 12.2. The molecule has 2 unspecified atom stereocenters. The highest BCUT2D eigenvalue weighted by molar-refractivity contribution is 6.34. The molecule has 0 radical (unpaired) electrons. The molecule has 2 atom stereocenters. The molecule has 1 aromatic carbocycles. The SMILES string of the molecule is CN1CC2C(C1)C2C(=O)NCc1cc(Cl)cc(Cl)c1. The molecule has 2 aliphatic rings. The largest absolute Gasteiger partial charge is 0.352 e. The summed E-state index contributed by atoms with van der Waals surface area (Å²) in [7, 11) is 2.11. The van der Waals surface area contributed by atoms with E-state index in [1.807, 2.05) is 12.1 Å². The average molecular weight is 299 g/mol. The molecule has 1 saturated heterocycles. The Labute approximate surface area is 122 Å². The summed E-state index contributed by atoms with van der Waals surface area (Å²) in [4.78, 5) is 14.4. The summed E-state index contributed by atoms with van der Waals surface area (Å²) < 4.78 is 0. The van der Waals surface area contributed by atoms with E-state index in [2.05, 4.69) is 17.3 Å². The molecule has 0 spiro atoms. The van der Waals surface area contributed by atoms with Gasteiger partial charge >= 0.3 is 0 Å². The molecular formula is C14H16Cl2N2O. The van der Waals surface area contributed by atoms with E-state index in [1.165, 1.54) is 0 Å². The summed E-state index contributed by atoms with van der Waals surface area (Å²) in [6, 6.07) is 5.35. The predicted octanol–water partition coefficient (Wildman–Crippen LogP) is 2.42. The van der Waals surface area contributed by atoms with Gasteiger partial charge in [-0.15, -0.1) is 0 Å². The maximum Gasteiger partial charge on any atom is 0.224 e. The number of nitrogens with one attached hydrogen (secondary N) is 1. The monoisotopic (exact) mass is 298 g/mol. The van der Waals surface area contributed by atoms with Crippen LogP contribution in [0.3, 0.4) is 0 Å². The molecule has 0 aromatic heterocycles. The lowest BCUT2D eigenvalue weighted by atomic mass is 10.2. The second-order valence-corrected chi connectivity index (χ2v) is 6.44. The normalized spacial score (nSPS) is 29.1. The molecule has 3 nitrogen and oxygen atoms in total. The van der Waals surface area contributed by atoms with Crippen LogP contribution in [-0.4, -0.2) is 30.9 Å². The van der Waals surface area contributed by atoms with Crippen molar-refractivity contribution in [1.82, 2.24) is 10.2 Å². The third-order valence-electron chi connectivity index (χ3n) is 4.07. The van der Waals surface area contributed by atoms with Crippen molar-refractivity contribution in [2.45, 2.75) is 6.54 Å². The lowest BCUT2D eigenvalue weighted by molar-refractivity contribution is -0.123. The van der Waals surface area contributed by atoms with Gasteiger partial charge in [-0.05, 0) is 42.6 Å². The van der Waals surface area contributed by atoms with Gasteiger partial charge in [0.25, 0.3) is 0 Å². The van der Waals surface area contributed by atoms with Crippen molar-refractivity contribution in [3.63, 3.8) is 0 Å². The van der Waals surface area contributed by atoms with Crippen LogP contribution in [0.5, 0.6) is 0 Å². The Balaban J connectivity index is 1.54. The summed E-state index contributed by atoms with van der Waals surface area (Å²) in [5.74, 6) is 1.51. The molecule has 3 rings (SSSR count). The second kappa shape index (κ2) is 4.97. The van der Waals surface area contributed by atoms with Crippen LogP contribution in [-0.2, 0) is 11.3 Å². The first-order chi connectivity index (χ1) is 9.04. The van der Waals surface area contributed by atoms with Crippen LogP contribution in [0.4, 0.5) is 0 Å². The predicted molar refractivity (Wildman–Crippen MR) is 76.3 cm³/mol.